The molecule has 0 bridgehead atoms. The van der Waals surface area contributed by atoms with E-state index in [9.17, 15) is 4.79 Å². The van der Waals surface area contributed by atoms with Crippen LogP contribution in [0.15, 0.2) is 0 Å². The Bertz CT molecular complexity index is 257. The van der Waals surface area contributed by atoms with E-state index in [0.717, 1.165) is 32.1 Å². The summed E-state index contributed by atoms with van der Waals surface area (Å²) >= 11 is 0. The van der Waals surface area contributed by atoms with Crippen molar-refractivity contribution in [1.29, 1.82) is 0 Å². The minimum atomic E-state index is -0.109. The number of hydrogen-bond acceptors (Lipinski definition) is 2. The number of aliphatic hydroxyl groups excluding tert-OH is 1. The zero-order valence-electron chi connectivity index (χ0n) is 12.2. The summed E-state index contributed by atoms with van der Waals surface area (Å²) in [6.07, 6.45) is 7.09. The first-order valence-corrected chi connectivity index (χ1v) is 7.42. The Labute approximate surface area is 111 Å². The predicted octanol–water partition coefficient (Wildman–Crippen LogP) is 2.87. The maximum absolute atomic E-state index is 12.5. The Morgan fingerprint density at radius 1 is 1.28 bits per heavy atom. The molecule has 0 aromatic heterocycles. The molecule has 1 fully saturated rings. The van der Waals surface area contributed by atoms with E-state index in [2.05, 4.69) is 19.2 Å². The molecule has 1 rings (SSSR count). The largest absolute Gasteiger partial charge is 0.396 e. The molecule has 3 heteroatoms. The van der Waals surface area contributed by atoms with Crippen LogP contribution in [0.3, 0.4) is 0 Å². The maximum atomic E-state index is 12.5. The molecular formula is C15H29NO2. The van der Waals surface area contributed by atoms with Crippen molar-refractivity contribution in [2.75, 3.05) is 6.61 Å². The fourth-order valence-corrected chi connectivity index (χ4v) is 3.20. The van der Waals surface area contributed by atoms with E-state index in [1.807, 2.05) is 6.92 Å². The number of aliphatic hydroxyl groups is 1. The second-order valence-electron chi connectivity index (χ2n) is 6.33. The average Bonchev–Trinajstić information content (AvgIpc) is 2.75. The lowest BCUT2D eigenvalue weighted by atomic mass is 9.77. The quantitative estimate of drug-likeness (QED) is 0.735. The summed E-state index contributed by atoms with van der Waals surface area (Å²) in [7, 11) is 0. The van der Waals surface area contributed by atoms with E-state index in [0.29, 0.717) is 5.92 Å². The molecule has 1 aliphatic carbocycles. The molecule has 0 radical (unpaired) electrons. The first kappa shape index (κ1) is 15.5. The number of carbonyl (C=O) groups excluding carboxylic acids is 1. The number of carbonyl (C=O) groups is 1. The molecule has 0 heterocycles. The van der Waals surface area contributed by atoms with Crippen LogP contribution in [0.1, 0.15) is 65.7 Å². The second-order valence-corrected chi connectivity index (χ2v) is 6.33. The van der Waals surface area contributed by atoms with Crippen molar-refractivity contribution in [3.05, 3.63) is 0 Å². The van der Waals surface area contributed by atoms with Gasteiger partial charge in [0.2, 0.25) is 5.91 Å². The van der Waals surface area contributed by atoms with Crippen molar-refractivity contribution in [2.24, 2.45) is 11.3 Å². The molecular weight excluding hydrogens is 226 g/mol. The third-order valence-electron chi connectivity index (χ3n) is 4.01. The highest BCUT2D eigenvalue weighted by Gasteiger charge is 2.41. The van der Waals surface area contributed by atoms with Crippen LogP contribution in [-0.2, 0) is 4.79 Å². The van der Waals surface area contributed by atoms with Gasteiger partial charge in [0.05, 0.1) is 0 Å². The molecule has 0 spiro atoms. The normalized spacial score (nSPS) is 20.1. The fourth-order valence-electron chi connectivity index (χ4n) is 3.20. The van der Waals surface area contributed by atoms with E-state index >= 15 is 0 Å². The van der Waals surface area contributed by atoms with Crippen LogP contribution in [0.5, 0.6) is 0 Å². The zero-order valence-corrected chi connectivity index (χ0v) is 12.2. The summed E-state index contributed by atoms with van der Waals surface area (Å²) in [4.78, 5) is 12.5. The average molecular weight is 255 g/mol. The Morgan fingerprint density at radius 3 is 2.39 bits per heavy atom. The Hall–Kier alpha value is -0.570. The van der Waals surface area contributed by atoms with E-state index < -0.39 is 0 Å². The van der Waals surface area contributed by atoms with E-state index in [1.54, 1.807) is 0 Å². The summed E-state index contributed by atoms with van der Waals surface area (Å²) in [6, 6.07) is 0.175. The Balaban J connectivity index is 2.55. The SMILES string of the molecule is CC(C)CC1(C(=O)NC(C)CCCO)CCCC1. The van der Waals surface area contributed by atoms with Gasteiger partial charge in [-0.2, -0.15) is 0 Å². The van der Waals surface area contributed by atoms with Crippen molar-refractivity contribution < 1.29 is 9.90 Å². The smallest absolute Gasteiger partial charge is 0.226 e. The third kappa shape index (κ3) is 4.27. The second kappa shape index (κ2) is 7.13. The number of hydrogen-bond donors (Lipinski definition) is 2. The molecule has 1 aliphatic rings. The summed E-state index contributed by atoms with van der Waals surface area (Å²) in [6.45, 7) is 6.63. The van der Waals surface area contributed by atoms with Gasteiger partial charge in [0.15, 0.2) is 0 Å². The number of rotatable bonds is 7. The maximum Gasteiger partial charge on any atom is 0.226 e. The first-order chi connectivity index (χ1) is 8.50. The van der Waals surface area contributed by atoms with Crippen LogP contribution in [-0.4, -0.2) is 23.7 Å². The van der Waals surface area contributed by atoms with Gasteiger partial charge in [0.1, 0.15) is 0 Å². The van der Waals surface area contributed by atoms with Crippen LogP contribution >= 0.6 is 0 Å². The molecule has 0 aromatic rings. The van der Waals surface area contributed by atoms with Crippen LogP contribution in [0, 0.1) is 11.3 Å². The highest BCUT2D eigenvalue weighted by atomic mass is 16.3. The molecule has 106 valence electrons. The summed E-state index contributed by atoms with van der Waals surface area (Å²) in [5, 5.41) is 12.0. The summed E-state index contributed by atoms with van der Waals surface area (Å²) < 4.78 is 0. The molecule has 3 nitrogen and oxygen atoms in total. The number of nitrogens with one attached hydrogen (secondary N) is 1. The van der Waals surface area contributed by atoms with E-state index in [1.165, 1.54) is 12.8 Å². The molecule has 0 aromatic carbocycles. The predicted molar refractivity (Wildman–Crippen MR) is 74.3 cm³/mol. The fraction of sp³-hybridized carbons (Fsp3) is 0.933. The lowest BCUT2D eigenvalue weighted by Gasteiger charge is -2.31. The molecule has 1 atom stereocenters. The van der Waals surface area contributed by atoms with Crippen molar-refractivity contribution in [2.45, 2.75) is 71.8 Å². The minimum absolute atomic E-state index is 0.109. The summed E-state index contributed by atoms with van der Waals surface area (Å²) in [5.41, 5.74) is -0.109. The van der Waals surface area contributed by atoms with Gasteiger partial charge >= 0.3 is 0 Å². The third-order valence-corrected chi connectivity index (χ3v) is 4.01. The van der Waals surface area contributed by atoms with Gasteiger partial charge in [-0.1, -0.05) is 26.7 Å². The highest BCUT2D eigenvalue weighted by molar-refractivity contribution is 5.83. The van der Waals surface area contributed by atoms with Crippen molar-refractivity contribution in [3.8, 4) is 0 Å². The van der Waals surface area contributed by atoms with Crippen LogP contribution in [0.25, 0.3) is 0 Å². The lowest BCUT2D eigenvalue weighted by Crippen LogP contribution is -2.44. The molecule has 0 aliphatic heterocycles. The standard InChI is InChI=1S/C15H29NO2/c1-12(2)11-15(8-4-5-9-15)14(18)16-13(3)7-6-10-17/h12-13,17H,4-11H2,1-3H3,(H,16,18). The van der Waals surface area contributed by atoms with Gasteiger partial charge in [-0.05, 0) is 44.9 Å². The molecule has 0 saturated heterocycles. The molecule has 2 N–H and O–H groups in total. The van der Waals surface area contributed by atoms with Gasteiger partial charge in [-0.25, -0.2) is 0 Å². The van der Waals surface area contributed by atoms with Gasteiger partial charge in [-0.3, -0.25) is 4.79 Å². The molecule has 18 heavy (non-hydrogen) atoms. The first-order valence-electron chi connectivity index (χ1n) is 7.42. The summed E-state index contributed by atoms with van der Waals surface area (Å²) in [5.74, 6) is 0.820. The minimum Gasteiger partial charge on any atom is -0.396 e. The monoisotopic (exact) mass is 255 g/mol. The number of amides is 1. The highest BCUT2D eigenvalue weighted by Crippen LogP contribution is 2.43. The molecule has 1 saturated carbocycles. The van der Waals surface area contributed by atoms with Gasteiger partial charge in [-0.15, -0.1) is 0 Å². The van der Waals surface area contributed by atoms with E-state index in [-0.39, 0.29) is 24.0 Å². The Kier molecular flexibility index (Phi) is 6.13. The van der Waals surface area contributed by atoms with E-state index in [4.69, 9.17) is 5.11 Å². The van der Waals surface area contributed by atoms with Gasteiger partial charge in [0, 0.05) is 18.1 Å². The van der Waals surface area contributed by atoms with Crippen molar-refractivity contribution in [3.63, 3.8) is 0 Å². The van der Waals surface area contributed by atoms with Gasteiger partial charge < -0.3 is 10.4 Å². The lowest BCUT2D eigenvalue weighted by molar-refractivity contribution is -0.132. The molecule has 1 amide bonds. The molecule has 1 unspecified atom stereocenters. The van der Waals surface area contributed by atoms with Crippen molar-refractivity contribution >= 4 is 5.91 Å². The van der Waals surface area contributed by atoms with Crippen LogP contribution in [0.2, 0.25) is 0 Å². The van der Waals surface area contributed by atoms with Gasteiger partial charge in [0.25, 0.3) is 0 Å². The Morgan fingerprint density at radius 2 is 1.89 bits per heavy atom. The topological polar surface area (TPSA) is 49.3 Å². The van der Waals surface area contributed by atoms with Crippen molar-refractivity contribution in [1.82, 2.24) is 5.32 Å². The zero-order chi connectivity index (χ0) is 13.6. The van der Waals surface area contributed by atoms with Crippen LogP contribution in [0.4, 0.5) is 0 Å². The van der Waals surface area contributed by atoms with Crippen LogP contribution < -0.4 is 5.32 Å².